The lowest BCUT2D eigenvalue weighted by molar-refractivity contribution is -0.116. The largest absolute Gasteiger partial charge is 0.468 e. The van der Waals surface area contributed by atoms with Crippen molar-refractivity contribution in [1.82, 2.24) is 5.32 Å². The van der Waals surface area contributed by atoms with Gasteiger partial charge in [-0.2, -0.15) is 0 Å². The number of carbonyl (C=O) groups is 1. The van der Waals surface area contributed by atoms with E-state index >= 15 is 0 Å². The fourth-order valence-corrected chi connectivity index (χ4v) is 2.48. The summed E-state index contributed by atoms with van der Waals surface area (Å²) in [5.74, 6) is 1.51. The summed E-state index contributed by atoms with van der Waals surface area (Å²) >= 11 is 1.51. The van der Waals surface area contributed by atoms with E-state index in [2.05, 4.69) is 5.32 Å². The third-order valence-electron chi connectivity index (χ3n) is 3.04. The fourth-order valence-electron chi connectivity index (χ4n) is 1.84. The van der Waals surface area contributed by atoms with Crippen LogP contribution in [0.25, 0.3) is 0 Å². The smallest absolute Gasteiger partial charge is 0.244 e. The Morgan fingerprint density at radius 1 is 1.23 bits per heavy atom. The van der Waals surface area contributed by atoms with Crippen molar-refractivity contribution in [3.63, 3.8) is 0 Å². The van der Waals surface area contributed by atoms with Crippen LogP contribution in [0.1, 0.15) is 16.9 Å². The van der Waals surface area contributed by atoms with Crippen molar-refractivity contribution in [1.29, 1.82) is 0 Å². The fraction of sp³-hybridized carbons (Fsp3) is 0.235. The highest BCUT2D eigenvalue weighted by molar-refractivity contribution is 8.01. The lowest BCUT2D eigenvalue weighted by atomic mass is 10.1. The molecule has 116 valence electrons. The van der Waals surface area contributed by atoms with Crippen LogP contribution in [0.3, 0.4) is 0 Å². The van der Waals surface area contributed by atoms with Gasteiger partial charge in [0.25, 0.3) is 0 Å². The van der Waals surface area contributed by atoms with E-state index in [9.17, 15) is 4.79 Å². The molecule has 2 N–H and O–H groups in total. The monoisotopic (exact) mass is 317 g/mol. The quantitative estimate of drug-likeness (QED) is 0.735. The predicted molar refractivity (Wildman–Crippen MR) is 88.2 cm³/mol. The average Bonchev–Trinajstić information content (AvgIpc) is 3.06. The Bertz CT molecular complexity index is 591. The maximum atomic E-state index is 11.6. The van der Waals surface area contributed by atoms with Crippen LogP contribution in [-0.2, 0) is 23.6 Å². The highest BCUT2D eigenvalue weighted by atomic mass is 32.2. The van der Waals surface area contributed by atoms with Crippen molar-refractivity contribution < 1.29 is 14.3 Å². The second kappa shape index (κ2) is 9.12. The van der Waals surface area contributed by atoms with E-state index in [4.69, 9.17) is 9.52 Å². The Kier molecular flexibility index (Phi) is 6.80. The summed E-state index contributed by atoms with van der Waals surface area (Å²) in [7, 11) is 0. The van der Waals surface area contributed by atoms with Crippen LogP contribution in [0.15, 0.2) is 58.6 Å². The van der Waals surface area contributed by atoms with Crippen molar-refractivity contribution in [2.75, 3.05) is 6.54 Å². The van der Waals surface area contributed by atoms with E-state index < -0.39 is 0 Å². The number of aliphatic hydroxyl groups is 1. The molecule has 0 aliphatic heterocycles. The minimum atomic E-state index is -0.0982. The number of aliphatic hydroxyl groups excluding tert-OH is 1. The molecule has 0 saturated heterocycles. The first kappa shape index (κ1) is 16.4. The zero-order chi connectivity index (χ0) is 15.6. The molecule has 22 heavy (non-hydrogen) atoms. The number of nitrogens with one attached hydrogen (secondary N) is 1. The van der Waals surface area contributed by atoms with Crippen LogP contribution in [0.2, 0.25) is 0 Å². The van der Waals surface area contributed by atoms with E-state index in [1.54, 1.807) is 11.7 Å². The molecule has 0 aliphatic carbocycles. The molecule has 0 radical (unpaired) electrons. The summed E-state index contributed by atoms with van der Waals surface area (Å²) in [5, 5.41) is 13.6. The van der Waals surface area contributed by atoms with Crippen LogP contribution in [0, 0.1) is 0 Å². The lowest BCUT2D eigenvalue weighted by Gasteiger charge is -2.03. The van der Waals surface area contributed by atoms with E-state index in [1.807, 2.05) is 36.4 Å². The molecule has 4 nitrogen and oxygen atoms in total. The van der Waals surface area contributed by atoms with E-state index in [0.29, 0.717) is 12.3 Å². The van der Waals surface area contributed by atoms with Gasteiger partial charge < -0.3 is 14.8 Å². The first-order chi connectivity index (χ1) is 10.8. The van der Waals surface area contributed by atoms with E-state index in [-0.39, 0.29) is 12.5 Å². The predicted octanol–water partition coefficient (Wildman–Crippen LogP) is 2.88. The molecule has 0 spiro atoms. The number of benzene rings is 1. The molecule has 0 unspecified atom stereocenters. The summed E-state index contributed by atoms with van der Waals surface area (Å²) in [6, 6.07) is 11.5. The molecular formula is C17H19NO3S. The Morgan fingerprint density at radius 3 is 2.68 bits per heavy atom. The number of hydrogen-bond acceptors (Lipinski definition) is 4. The Balaban J connectivity index is 1.62. The molecule has 1 amide bonds. The number of thioether (sulfide) groups is 1. The zero-order valence-corrected chi connectivity index (χ0v) is 13.0. The topological polar surface area (TPSA) is 62.5 Å². The van der Waals surface area contributed by atoms with Gasteiger partial charge in [-0.25, -0.2) is 0 Å². The lowest BCUT2D eigenvalue weighted by Crippen LogP contribution is -2.23. The molecule has 5 heteroatoms. The molecule has 0 atom stereocenters. The normalized spacial score (nSPS) is 11.0. The molecule has 2 rings (SSSR count). The van der Waals surface area contributed by atoms with Gasteiger partial charge in [0.1, 0.15) is 5.76 Å². The van der Waals surface area contributed by atoms with Crippen molar-refractivity contribution in [2.45, 2.75) is 18.8 Å². The van der Waals surface area contributed by atoms with E-state index in [0.717, 1.165) is 23.3 Å². The molecular weight excluding hydrogens is 298 g/mol. The summed E-state index contributed by atoms with van der Waals surface area (Å²) in [6.07, 6.45) is 3.94. The number of hydrogen-bond donors (Lipinski definition) is 2. The Morgan fingerprint density at radius 2 is 2.00 bits per heavy atom. The molecule has 2 aromatic rings. The maximum absolute atomic E-state index is 11.6. The third-order valence-corrected chi connectivity index (χ3v) is 3.82. The van der Waals surface area contributed by atoms with Crippen molar-refractivity contribution in [3.8, 4) is 0 Å². The Hall–Kier alpha value is -1.98. The SMILES string of the molecule is O=C(/C=C/SCc1ccco1)NCCc1ccc(CO)cc1. The second-order valence-electron chi connectivity index (χ2n) is 4.71. The number of furan rings is 1. The highest BCUT2D eigenvalue weighted by Gasteiger charge is 1.98. The van der Waals surface area contributed by atoms with Crippen LogP contribution in [0.5, 0.6) is 0 Å². The van der Waals surface area contributed by atoms with Crippen LogP contribution in [-0.4, -0.2) is 17.6 Å². The third kappa shape index (κ3) is 5.79. The number of amides is 1. The highest BCUT2D eigenvalue weighted by Crippen LogP contribution is 2.13. The zero-order valence-electron chi connectivity index (χ0n) is 12.2. The summed E-state index contributed by atoms with van der Waals surface area (Å²) < 4.78 is 5.20. The molecule has 0 fully saturated rings. The maximum Gasteiger partial charge on any atom is 0.244 e. The number of rotatable bonds is 8. The van der Waals surface area contributed by atoms with Gasteiger partial charge in [0.15, 0.2) is 0 Å². The summed E-state index contributed by atoms with van der Waals surface area (Å²) in [6.45, 7) is 0.641. The van der Waals surface area contributed by atoms with Crippen LogP contribution < -0.4 is 5.32 Å². The van der Waals surface area contributed by atoms with Crippen molar-refractivity contribution in [2.24, 2.45) is 0 Å². The summed E-state index contributed by atoms with van der Waals surface area (Å²) in [5.41, 5.74) is 2.03. The molecule has 1 aromatic heterocycles. The van der Waals surface area contributed by atoms with Gasteiger partial charge in [-0.05, 0) is 35.1 Å². The molecule has 1 heterocycles. The van der Waals surface area contributed by atoms with Crippen molar-refractivity contribution >= 4 is 17.7 Å². The molecule has 0 aliphatic rings. The average molecular weight is 317 g/mol. The first-order valence-electron chi connectivity index (χ1n) is 7.05. The number of carbonyl (C=O) groups excluding carboxylic acids is 1. The van der Waals surface area contributed by atoms with Gasteiger partial charge >= 0.3 is 0 Å². The summed E-state index contributed by atoms with van der Waals surface area (Å²) in [4.78, 5) is 11.6. The molecule has 0 saturated carbocycles. The van der Waals surface area contributed by atoms with Gasteiger partial charge in [-0.15, -0.1) is 11.8 Å². The van der Waals surface area contributed by atoms with Gasteiger partial charge in [0.2, 0.25) is 5.91 Å². The van der Waals surface area contributed by atoms with Crippen molar-refractivity contribution in [3.05, 3.63) is 71.0 Å². The standard InChI is InChI=1S/C17H19NO3S/c19-12-15-5-3-14(4-6-15)7-9-18-17(20)8-11-22-13-16-2-1-10-21-16/h1-6,8,10-11,19H,7,9,12-13H2,(H,18,20)/b11-8+. The van der Waals surface area contributed by atoms with Gasteiger partial charge in [-0.1, -0.05) is 24.3 Å². The van der Waals surface area contributed by atoms with Gasteiger partial charge in [0, 0.05) is 12.6 Å². The van der Waals surface area contributed by atoms with Gasteiger partial charge in [0.05, 0.1) is 18.6 Å². The Labute approximate surface area is 134 Å². The van der Waals surface area contributed by atoms with Gasteiger partial charge in [-0.3, -0.25) is 4.79 Å². The van der Waals surface area contributed by atoms with E-state index in [1.165, 1.54) is 17.8 Å². The minimum Gasteiger partial charge on any atom is -0.468 e. The molecule has 1 aromatic carbocycles. The minimum absolute atomic E-state index is 0.0531. The first-order valence-corrected chi connectivity index (χ1v) is 8.10. The second-order valence-corrected chi connectivity index (χ2v) is 5.60. The van der Waals surface area contributed by atoms with Crippen LogP contribution in [0.4, 0.5) is 0 Å². The molecule has 0 bridgehead atoms. The van der Waals surface area contributed by atoms with Crippen LogP contribution >= 0.6 is 11.8 Å².